The van der Waals surface area contributed by atoms with E-state index in [2.05, 4.69) is 10.2 Å². The van der Waals surface area contributed by atoms with E-state index in [4.69, 9.17) is 22.1 Å². The van der Waals surface area contributed by atoms with E-state index >= 15 is 0 Å². The maximum Gasteiger partial charge on any atom is 0.255 e. The summed E-state index contributed by atoms with van der Waals surface area (Å²) >= 11 is 7.52. The molecule has 7 heteroatoms. The first-order valence-electron chi connectivity index (χ1n) is 9.44. The summed E-state index contributed by atoms with van der Waals surface area (Å²) in [4.78, 5) is 16.1. The quantitative estimate of drug-likeness (QED) is 0.577. The Hall–Kier alpha value is -2.38. The van der Waals surface area contributed by atoms with E-state index in [9.17, 15) is 4.79 Å². The van der Waals surface area contributed by atoms with Crippen molar-refractivity contribution < 1.29 is 9.53 Å². The van der Waals surface area contributed by atoms with Crippen molar-refractivity contribution in [2.24, 2.45) is 0 Å². The Kier molecular flexibility index (Phi) is 6.16. The van der Waals surface area contributed by atoms with Crippen molar-refractivity contribution in [3.05, 3.63) is 70.1 Å². The third kappa shape index (κ3) is 4.97. The van der Waals surface area contributed by atoms with Crippen molar-refractivity contribution in [2.75, 3.05) is 37.4 Å². The van der Waals surface area contributed by atoms with Gasteiger partial charge >= 0.3 is 0 Å². The van der Waals surface area contributed by atoms with Crippen LogP contribution in [0.4, 0.5) is 11.4 Å². The third-order valence-electron chi connectivity index (χ3n) is 4.89. The minimum Gasteiger partial charge on any atom is -0.397 e. The molecule has 2 aromatic carbocycles. The second kappa shape index (κ2) is 8.97. The van der Waals surface area contributed by atoms with Gasteiger partial charge in [0.1, 0.15) is 0 Å². The van der Waals surface area contributed by atoms with E-state index in [1.54, 1.807) is 6.07 Å². The minimum absolute atomic E-state index is 0.184. The molecule has 5 nitrogen and oxygen atoms in total. The Bertz CT molecular complexity index is 998. The number of halogens is 1. The fraction of sp³-hybridized carbons (Fsp3) is 0.227. The van der Waals surface area contributed by atoms with Crippen LogP contribution in [-0.2, 0) is 11.3 Å². The van der Waals surface area contributed by atoms with Crippen molar-refractivity contribution in [1.82, 2.24) is 4.90 Å². The average Bonchev–Trinajstić information content (AvgIpc) is 3.17. The number of hydrogen-bond acceptors (Lipinski definition) is 5. The molecule has 1 fully saturated rings. The van der Waals surface area contributed by atoms with E-state index in [1.165, 1.54) is 16.9 Å². The molecular formula is C22H22ClN3O2S. The van der Waals surface area contributed by atoms with Gasteiger partial charge in [-0.3, -0.25) is 9.69 Å². The van der Waals surface area contributed by atoms with Crippen LogP contribution >= 0.6 is 22.9 Å². The number of hydrogen-bond donors (Lipinski definition) is 2. The summed E-state index contributed by atoms with van der Waals surface area (Å²) < 4.78 is 6.10. The molecule has 1 aliphatic rings. The van der Waals surface area contributed by atoms with Gasteiger partial charge in [0.05, 0.1) is 28.9 Å². The number of benzene rings is 2. The number of amides is 1. The minimum atomic E-state index is -0.184. The molecule has 3 aromatic rings. The number of nitrogens with two attached hydrogens (primary N) is 1. The molecule has 0 bridgehead atoms. The molecule has 0 radical (unpaired) electrons. The summed E-state index contributed by atoms with van der Waals surface area (Å²) in [6.07, 6.45) is 0. The monoisotopic (exact) mass is 427 g/mol. The van der Waals surface area contributed by atoms with Crippen LogP contribution in [0.1, 0.15) is 15.9 Å². The first-order chi connectivity index (χ1) is 14.1. The second-order valence-corrected chi connectivity index (χ2v) is 8.66. The molecule has 0 unspecified atom stereocenters. The molecule has 29 heavy (non-hydrogen) atoms. The summed E-state index contributed by atoms with van der Waals surface area (Å²) in [5, 5.41) is 2.93. The van der Waals surface area contributed by atoms with Gasteiger partial charge in [0, 0.05) is 30.1 Å². The lowest BCUT2D eigenvalue weighted by atomic mass is 10.1. The van der Waals surface area contributed by atoms with E-state index in [-0.39, 0.29) is 5.91 Å². The molecular weight excluding hydrogens is 406 g/mol. The summed E-state index contributed by atoms with van der Waals surface area (Å²) in [5.74, 6) is -0.184. The van der Waals surface area contributed by atoms with Crippen LogP contribution in [0.2, 0.25) is 4.34 Å². The van der Waals surface area contributed by atoms with Crippen LogP contribution in [-0.4, -0.2) is 37.1 Å². The van der Waals surface area contributed by atoms with Gasteiger partial charge in [-0.05, 0) is 47.5 Å². The molecule has 0 aliphatic carbocycles. The van der Waals surface area contributed by atoms with Crippen molar-refractivity contribution in [1.29, 1.82) is 0 Å². The Morgan fingerprint density at radius 2 is 1.86 bits per heavy atom. The van der Waals surface area contributed by atoms with Gasteiger partial charge < -0.3 is 15.8 Å². The summed E-state index contributed by atoms with van der Waals surface area (Å²) in [6, 6.07) is 17.1. The first kappa shape index (κ1) is 19.9. The van der Waals surface area contributed by atoms with E-state index < -0.39 is 0 Å². The summed E-state index contributed by atoms with van der Waals surface area (Å²) in [5.41, 5.74) is 9.93. The topological polar surface area (TPSA) is 67.6 Å². The molecule has 4 rings (SSSR count). The highest BCUT2D eigenvalue weighted by Gasteiger charge is 2.13. The fourth-order valence-corrected chi connectivity index (χ4v) is 4.30. The standard InChI is InChI=1S/C22H22ClN3O2S/c23-21-8-7-20(29-21)17-5-6-18(24)19(13-17)25-22(27)16-3-1-15(2-4-16)14-26-9-11-28-12-10-26/h1-8,13H,9-12,14,24H2,(H,25,27). The maximum atomic E-state index is 12.7. The molecule has 0 atom stereocenters. The highest BCUT2D eigenvalue weighted by Crippen LogP contribution is 2.34. The lowest BCUT2D eigenvalue weighted by Gasteiger charge is -2.26. The number of rotatable bonds is 5. The molecule has 0 spiro atoms. The molecule has 1 aromatic heterocycles. The highest BCUT2D eigenvalue weighted by molar-refractivity contribution is 7.19. The Morgan fingerprint density at radius 3 is 2.55 bits per heavy atom. The number of nitrogens with zero attached hydrogens (tertiary/aromatic N) is 1. The fourth-order valence-electron chi connectivity index (χ4n) is 3.26. The molecule has 1 saturated heterocycles. The Labute approximate surface area is 179 Å². The number of thiophene rings is 1. The highest BCUT2D eigenvalue weighted by atomic mass is 35.5. The molecule has 1 amide bonds. The van der Waals surface area contributed by atoms with E-state index in [1.807, 2.05) is 48.5 Å². The van der Waals surface area contributed by atoms with Gasteiger partial charge in [-0.15, -0.1) is 11.3 Å². The average molecular weight is 428 g/mol. The maximum absolute atomic E-state index is 12.7. The molecule has 1 aliphatic heterocycles. The van der Waals surface area contributed by atoms with Crippen molar-refractivity contribution in [3.63, 3.8) is 0 Å². The third-order valence-corrected chi connectivity index (χ3v) is 6.17. The number of carbonyl (C=O) groups is 1. The number of nitrogen functional groups attached to an aromatic ring is 1. The SMILES string of the molecule is Nc1ccc(-c2ccc(Cl)s2)cc1NC(=O)c1ccc(CN2CCOCC2)cc1. The zero-order chi connectivity index (χ0) is 20.2. The van der Waals surface area contributed by atoms with Crippen LogP contribution in [0.25, 0.3) is 10.4 Å². The van der Waals surface area contributed by atoms with Crippen LogP contribution in [0.3, 0.4) is 0 Å². The number of carbonyl (C=O) groups excluding carboxylic acids is 1. The van der Waals surface area contributed by atoms with Gasteiger partial charge in [-0.25, -0.2) is 0 Å². The largest absolute Gasteiger partial charge is 0.397 e. The van der Waals surface area contributed by atoms with Crippen molar-refractivity contribution >= 4 is 40.2 Å². The van der Waals surface area contributed by atoms with Gasteiger partial charge in [0.15, 0.2) is 0 Å². The van der Waals surface area contributed by atoms with E-state index in [0.29, 0.717) is 16.9 Å². The predicted octanol–water partition coefficient (Wildman–Crippen LogP) is 4.74. The first-order valence-corrected chi connectivity index (χ1v) is 10.6. The normalized spacial score (nSPS) is 14.7. The lowest BCUT2D eigenvalue weighted by Crippen LogP contribution is -2.35. The van der Waals surface area contributed by atoms with Crippen LogP contribution in [0, 0.1) is 0 Å². The lowest BCUT2D eigenvalue weighted by molar-refractivity contribution is 0.0342. The van der Waals surface area contributed by atoms with Gasteiger partial charge in [-0.1, -0.05) is 29.8 Å². The predicted molar refractivity (Wildman–Crippen MR) is 120 cm³/mol. The van der Waals surface area contributed by atoms with Crippen LogP contribution < -0.4 is 11.1 Å². The van der Waals surface area contributed by atoms with Crippen LogP contribution in [0.15, 0.2) is 54.6 Å². The summed E-state index contributed by atoms with van der Waals surface area (Å²) in [7, 11) is 0. The zero-order valence-corrected chi connectivity index (χ0v) is 17.4. The molecule has 0 saturated carbocycles. The number of ether oxygens (including phenoxy) is 1. The van der Waals surface area contributed by atoms with Crippen molar-refractivity contribution in [3.8, 4) is 10.4 Å². The van der Waals surface area contributed by atoms with Gasteiger partial charge in [0.25, 0.3) is 5.91 Å². The number of nitrogens with one attached hydrogen (secondary N) is 1. The number of anilines is 2. The van der Waals surface area contributed by atoms with Crippen molar-refractivity contribution in [2.45, 2.75) is 6.54 Å². The Balaban J connectivity index is 1.44. The summed E-state index contributed by atoms with van der Waals surface area (Å²) in [6.45, 7) is 4.29. The van der Waals surface area contributed by atoms with Crippen LogP contribution in [0.5, 0.6) is 0 Å². The van der Waals surface area contributed by atoms with E-state index in [0.717, 1.165) is 47.6 Å². The Morgan fingerprint density at radius 1 is 1.10 bits per heavy atom. The van der Waals surface area contributed by atoms with Gasteiger partial charge in [0.2, 0.25) is 0 Å². The zero-order valence-electron chi connectivity index (χ0n) is 15.9. The second-order valence-electron chi connectivity index (χ2n) is 6.95. The number of morpholine rings is 1. The molecule has 2 heterocycles. The van der Waals surface area contributed by atoms with Gasteiger partial charge in [-0.2, -0.15) is 0 Å². The molecule has 3 N–H and O–H groups in total. The molecule has 150 valence electrons. The smallest absolute Gasteiger partial charge is 0.255 e.